The monoisotopic (exact) mass is 392 g/mol. The van der Waals surface area contributed by atoms with Crippen LogP contribution < -0.4 is 5.32 Å². The number of rotatable bonds is 5. The van der Waals surface area contributed by atoms with Gasteiger partial charge in [0, 0.05) is 23.4 Å². The molecule has 0 atom stereocenters. The molecule has 0 aliphatic rings. The zero-order valence-electron chi connectivity index (χ0n) is 16.0. The second-order valence-electron chi connectivity index (χ2n) is 7.73. The Kier molecular flexibility index (Phi) is 6.48. The highest BCUT2D eigenvalue weighted by molar-refractivity contribution is 6.04. The summed E-state index contributed by atoms with van der Waals surface area (Å²) in [6.45, 7) is 3.97. The van der Waals surface area contributed by atoms with E-state index in [1.54, 1.807) is 51.1 Å². The van der Waals surface area contributed by atoms with E-state index in [0.717, 1.165) is 4.90 Å². The largest absolute Gasteiger partial charge is 0.406 e. The van der Waals surface area contributed by atoms with Crippen LogP contribution in [0.15, 0.2) is 54.6 Å². The van der Waals surface area contributed by atoms with E-state index in [-0.39, 0.29) is 18.0 Å². The van der Waals surface area contributed by atoms with Crippen LogP contribution in [0.25, 0.3) is 0 Å². The fourth-order valence-corrected chi connectivity index (χ4v) is 2.66. The van der Waals surface area contributed by atoms with Gasteiger partial charge in [0.1, 0.15) is 6.54 Å². The molecule has 28 heavy (non-hydrogen) atoms. The van der Waals surface area contributed by atoms with Gasteiger partial charge in [0.05, 0.1) is 0 Å². The van der Waals surface area contributed by atoms with E-state index in [2.05, 4.69) is 5.32 Å². The molecule has 0 aliphatic carbocycles. The van der Waals surface area contributed by atoms with Crippen LogP contribution in [0.5, 0.6) is 0 Å². The average molecular weight is 392 g/mol. The second-order valence-corrected chi connectivity index (χ2v) is 7.73. The first-order valence-corrected chi connectivity index (χ1v) is 8.77. The molecule has 0 unspecified atom stereocenters. The lowest BCUT2D eigenvalue weighted by atomic mass is 9.95. The molecule has 2 rings (SSSR count). The minimum absolute atomic E-state index is 0.0299. The molecule has 0 radical (unpaired) electrons. The van der Waals surface area contributed by atoms with E-state index in [4.69, 9.17) is 0 Å². The maximum atomic E-state index is 12.9. The number of carbonyl (C=O) groups is 2. The van der Waals surface area contributed by atoms with Gasteiger partial charge in [0.25, 0.3) is 11.8 Å². The first-order valence-electron chi connectivity index (χ1n) is 8.77. The average Bonchev–Trinajstić information content (AvgIpc) is 2.59. The number of benzene rings is 2. The number of halogens is 3. The Morgan fingerprint density at radius 3 is 1.93 bits per heavy atom. The Balaban J connectivity index is 2.13. The Hall–Kier alpha value is -2.83. The molecule has 150 valence electrons. The van der Waals surface area contributed by atoms with E-state index in [1.807, 2.05) is 0 Å². The number of hydrogen-bond acceptors (Lipinski definition) is 2. The van der Waals surface area contributed by atoms with Gasteiger partial charge in [-0.15, -0.1) is 0 Å². The minimum Gasteiger partial charge on any atom is -0.329 e. The summed E-state index contributed by atoms with van der Waals surface area (Å²) in [6.07, 6.45) is -4.48. The predicted octanol–water partition coefficient (Wildman–Crippen LogP) is 4.99. The summed E-state index contributed by atoms with van der Waals surface area (Å²) in [5.41, 5.74) is 0.573. The normalized spacial score (nSPS) is 11.8. The van der Waals surface area contributed by atoms with Gasteiger partial charge < -0.3 is 10.2 Å². The van der Waals surface area contributed by atoms with Crippen molar-refractivity contribution in [3.8, 4) is 0 Å². The highest BCUT2D eigenvalue weighted by Gasteiger charge is 2.35. The molecule has 0 heterocycles. The molecular formula is C21H23F3N2O2. The predicted molar refractivity (Wildman–Crippen MR) is 102 cm³/mol. The lowest BCUT2D eigenvalue weighted by molar-refractivity contribution is -0.142. The molecular weight excluding hydrogens is 369 g/mol. The lowest BCUT2D eigenvalue weighted by Gasteiger charge is -2.30. The molecule has 0 saturated carbocycles. The SMILES string of the molecule is CC(C)(C)CN(CC(F)(F)F)C(=O)c1ccc(NC(=O)c2ccccc2)cc1. The zero-order valence-corrected chi connectivity index (χ0v) is 16.0. The van der Waals surface area contributed by atoms with Gasteiger partial charge in [-0.25, -0.2) is 0 Å². The molecule has 0 saturated heterocycles. The van der Waals surface area contributed by atoms with Crippen molar-refractivity contribution in [2.24, 2.45) is 5.41 Å². The molecule has 0 spiro atoms. The molecule has 0 aliphatic heterocycles. The van der Waals surface area contributed by atoms with Crippen LogP contribution in [0.4, 0.5) is 18.9 Å². The summed E-state index contributed by atoms with van der Waals surface area (Å²) in [4.78, 5) is 25.5. The maximum Gasteiger partial charge on any atom is 0.406 e. The number of anilines is 1. The fourth-order valence-electron chi connectivity index (χ4n) is 2.66. The molecule has 7 heteroatoms. The smallest absolute Gasteiger partial charge is 0.329 e. The Labute approximate surface area is 162 Å². The maximum absolute atomic E-state index is 12.9. The summed E-state index contributed by atoms with van der Waals surface area (Å²) in [5.74, 6) is -1.01. The molecule has 4 nitrogen and oxygen atoms in total. The zero-order chi connectivity index (χ0) is 20.9. The quantitative estimate of drug-likeness (QED) is 0.779. The summed E-state index contributed by atoms with van der Waals surface area (Å²) in [7, 11) is 0. The molecule has 1 N–H and O–H groups in total. The van der Waals surface area contributed by atoms with E-state index < -0.39 is 24.0 Å². The number of alkyl halides is 3. The van der Waals surface area contributed by atoms with Crippen molar-refractivity contribution >= 4 is 17.5 Å². The topological polar surface area (TPSA) is 49.4 Å². The number of hydrogen-bond donors (Lipinski definition) is 1. The second kappa shape index (κ2) is 8.46. The summed E-state index contributed by atoms with van der Waals surface area (Å²) in [6, 6.07) is 14.4. The first-order chi connectivity index (χ1) is 12.9. The minimum atomic E-state index is -4.48. The van der Waals surface area contributed by atoms with Crippen LogP contribution in [0.2, 0.25) is 0 Å². The molecule has 2 amide bonds. The highest BCUT2D eigenvalue weighted by atomic mass is 19.4. The van der Waals surface area contributed by atoms with Crippen molar-refractivity contribution in [2.45, 2.75) is 26.9 Å². The highest BCUT2D eigenvalue weighted by Crippen LogP contribution is 2.23. The molecule has 0 bridgehead atoms. The van der Waals surface area contributed by atoms with E-state index in [1.165, 1.54) is 24.3 Å². The Morgan fingerprint density at radius 2 is 1.43 bits per heavy atom. The van der Waals surface area contributed by atoms with Crippen LogP contribution in [-0.4, -0.2) is 36.0 Å². The van der Waals surface area contributed by atoms with Gasteiger partial charge in [-0.05, 0) is 41.8 Å². The third kappa shape index (κ3) is 6.72. The summed E-state index contributed by atoms with van der Waals surface area (Å²) < 4.78 is 38.7. The summed E-state index contributed by atoms with van der Waals surface area (Å²) >= 11 is 0. The molecule has 2 aromatic rings. The van der Waals surface area contributed by atoms with Crippen molar-refractivity contribution in [3.63, 3.8) is 0 Å². The number of nitrogens with zero attached hydrogens (tertiary/aromatic N) is 1. The van der Waals surface area contributed by atoms with Crippen LogP contribution >= 0.6 is 0 Å². The number of carbonyl (C=O) groups excluding carboxylic acids is 2. The van der Waals surface area contributed by atoms with Crippen molar-refractivity contribution in [1.29, 1.82) is 0 Å². The van der Waals surface area contributed by atoms with Crippen molar-refractivity contribution in [2.75, 3.05) is 18.4 Å². The number of nitrogens with one attached hydrogen (secondary N) is 1. The van der Waals surface area contributed by atoms with Crippen LogP contribution in [-0.2, 0) is 0 Å². The Morgan fingerprint density at radius 1 is 0.857 bits per heavy atom. The summed E-state index contributed by atoms with van der Waals surface area (Å²) in [5, 5.41) is 2.69. The van der Waals surface area contributed by atoms with Crippen LogP contribution in [0.1, 0.15) is 41.5 Å². The molecule has 0 aromatic heterocycles. The Bertz CT molecular complexity index is 794. The molecule has 0 fully saturated rings. The van der Waals surface area contributed by atoms with Gasteiger partial charge in [0.15, 0.2) is 0 Å². The lowest BCUT2D eigenvalue weighted by Crippen LogP contribution is -2.43. The van der Waals surface area contributed by atoms with Crippen LogP contribution in [0, 0.1) is 5.41 Å². The van der Waals surface area contributed by atoms with Gasteiger partial charge >= 0.3 is 6.18 Å². The van der Waals surface area contributed by atoms with Crippen molar-refractivity contribution < 1.29 is 22.8 Å². The third-order valence-electron chi connectivity index (χ3n) is 3.75. The van der Waals surface area contributed by atoms with E-state index >= 15 is 0 Å². The van der Waals surface area contributed by atoms with E-state index in [0.29, 0.717) is 11.3 Å². The van der Waals surface area contributed by atoms with Gasteiger partial charge in [-0.2, -0.15) is 13.2 Å². The fraction of sp³-hybridized carbons (Fsp3) is 0.333. The van der Waals surface area contributed by atoms with Crippen LogP contribution in [0.3, 0.4) is 0 Å². The van der Waals surface area contributed by atoms with Gasteiger partial charge in [-0.1, -0.05) is 39.0 Å². The third-order valence-corrected chi connectivity index (χ3v) is 3.75. The van der Waals surface area contributed by atoms with Crippen molar-refractivity contribution in [1.82, 2.24) is 4.90 Å². The first kappa shape index (κ1) is 21.5. The van der Waals surface area contributed by atoms with Gasteiger partial charge in [-0.3, -0.25) is 9.59 Å². The standard InChI is InChI=1S/C21H23F3N2O2/c1-20(2,3)13-26(14-21(22,23)24)19(28)16-9-11-17(12-10-16)25-18(27)15-7-5-4-6-8-15/h4-12H,13-14H2,1-3H3,(H,25,27). The van der Waals surface area contributed by atoms with Crippen molar-refractivity contribution in [3.05, 3.63) is 65.7 Å². The number of amides is 2. The van der Waals surface area contributed by atoms with Gasteiger partial charge in [0.2, 0.25) is 0 Å². The van der Waals surface area contributed by atoms with E-state index in [9.17, 15) is 22.8 Å². The molecule has 2 aromatic carbocycles.